The summed E-state index contributed by atoms with van der Waals surface area (Å²) in [6.45, 7) is 3.32. The van der Waals surface area contributed by atoms with E-state index in [4.69, 9.17) is 4.98 Å². The van der Waals surface area contributed by atoms with Crippen LogP contribution in [0, 0.1) is 11.8 Å². The van der Waals surface area contributed by atoms with Gasteiger partial charge in [0.2, 0.25) is 0 Å². The molecule has 0 spiro atoms. The van der Waals surface area contributed by atoms with Crippen molar-refractivity contribution in [3.63, 3.8) is 0 Å². The smallest absolute Gasteiger partial charge is 0.143 e. The molecular formula is C33H48N4O. The van der Waals surface area contributed by atoms with E-state index in [-0.39, 0.29) is 11.8 Å². The number of aromatic nitrogens is 2. The number of imidazole rings is 1. The van der Waals surface area contributed by atoms with Crippen LogP contribution in [0.5, 0.6) is 0 Å². The molecule has 4 heterocycles. The van der Waals surface area contributed by atoms with Crippen molar-refractivity contribution in [2.45, 2.75) is 133 Å². The highest BCUT2D eigenvalue weighted by molar-refractivity contribution is 5.78. The Bertz CT molecular complexity index is 1110. The summed E-state index contributed by atoms with van der Waals surface area (Å²) in [5.41, 5.74) is 2.45. The van der Waals surface area contributed by atoms with E-state index >= 15 is 0 Å². The number of hydrogen-bond acceptors (Lipinski definition) is 4. The third kappa shape index (κ3) is 4.76. The van der Waals surface area contributed by atoms with Crippen LogP contribution >= 0.6 is 0 Å². The number of likely N-dealkylation sites (tertiary alicyclic amines) is 1. The molecule has 4 bridgehead atoms. The van der Waals surface area contributed by atoms with Crippen LogP contribution in [0.3, 0.4) is 0 Å². The van der Waals surface area contributed by atoms with E-state index in [1.165, 1.54) is 101 Å². The summed E-state index contributed by atoms with van der Waals surface area (Å²) in [5.74, 6) is 3.49. The number of hydrogen-bond donors (Lipinski definition) is 0. The van der Waals surface area contributed by atoms with Gasteiger partial charge in [-0.15, -0.1) is 0 Å². The van der Waals surface area contributed by atoms with Crippen LogP contribution in [0.1, 0.15) is 121 Å². The first-order chi connectivity index (χ1) is 18.6. The monoisotopic (exact) mass is 516 g/mol. The summed E-state index contributed by atoms with van der Waals surface area (Å²) in [6.07, 6.45) is 20.6. The van der Waals surface area contributed by atoms with Gasteiger partial charge in [-0.05, 0) is 95.2 Å². The Morgan fingerprint density at radius 1 is 0.789 bits per heavy atom. The SMILES string of the molecule is CC(=O)CN1CCCC[C@H]1c1nc2ccccc2n1C1C[C@H]2CCC[C@@H](C1)N2C1C[C@H]2CCCC[C@@H](C1)C2. The normalized spacial score (nSPS) is 36.7. The summed E-state index contributed by atoms with van der Waals surface area (Å²) >= 11 is 0. The van der Waals surface area contributed by atoms with Gasteiger partial charge in [0.25, 0.3) is 0 Å². The quantitative estimate of drug-likeness (QED) is 0.426. The second-order valence-electron chi connectivity index (χ2n) is 13.7. The Kier molecular flexibility index (Phi) is 7.11. The molecule has 0 N–H and O–H groups in total. The van der Waals surface area contributed by atoms with Crippen molar-refractivity contribution in [2.75, 3.05) is 13.1 Å². The molecule has 1 aromatic heterocycles. The van der Waals surface area contributed by atoms with Crippen molar-refractivity contribution in [3.8, 4) is 0 Å². The minimum atomic E-state index is 0.263. The van der Waals surface area contributed by atoms with Crippen LogP contribution in [0.15, 0.2) is 24.3 Å². The number of para-hydroxylation sites is 2. The Hall–Kier alpha value is -1.72. The van der Waals surface area contributed by atoms with Crippen LogP contribution in [-0.2, 0) is 4.79 Å². The van der Waals surface area contributed by atoms with Gasteiger partial charge in [0.15, 0.2) is 0 Å². The molecule has 2 aliphatic carbocycles. The molecule has 7 atom stereocenters. The maximum Gasteiger partial charge on any atom is 0.143 e. The second-order valence-corrected chi connectivity index (χ2v) is 13.7. The van der Waals surface area contributed by atoms with Gasteiger partial charge in [-0.2, -0.15) is 0 Å². The van der Waals surface area contributed by atoms with Gasteiger partial charge in [-0.1, -0.05) is 50.7 Å². The van der Waals surface area contributed by atoms with Crippen molar-refractivity contribution in [2.24, 2.45) is 11.8 Å². The van der Waals surface area contributed by atoms with Crippen LogP contribution in [0.2, 0.25) is 0 Å². The van der Waals surface area contributed by atoms with E-state index in [2.05, 4.69) is 38.6 Å². The fourth-order valence-electron chi connectivity index (χ4n) is 9.75. The van der Waals surface area contributed by atoms with Crippen molar-refractivity contribution < 1.29 is 4.79 Å². The van der Waals surface area contributed by atoms with Gasteiger partial charge in [-0.25, -0.2) is 4.98 Å². The number of piperidine rings is 3. The molecule has 7 rings (SSSR count). The van der Waals surface area contributed by atoms with E-state index in [1.54, 1.807) is 6.92 Å². The Morgan fingerprint density at radius 3 is 2.24 bits per heavy atom. The summed E-state index contributed by atoms with van der Waals surface area (Å²) in [6, 6.07) is 11.9. The van der Waals surface area contributed by atoms with E-state index in [9.17, 15) is 4.79 Å². The largest absolute Gasteiger partial charge is 0.323 e. The standard InChI is InChI=1S/C33H48N4O/c1-23(38)22-35-16-7-6-15-32(35)33-34-30-13-4-5-14-31(30)37(33)29-20-26-11-8-12-27(21-29)36(26)28-18-24-9-2-3-10-25(17-24)19-28/h4-5,13-14,24-29,32H,2-3,6-12,15-22H2,1H3/t24-,25+,26-,27+,28?,29?,32-/m0/s1. The molecule has 0 radical (unpaired) electrons. The Morgan fingerprint density at radius 2 is 1.50 bits per heavy atom. The first-order valence-electron chi connectivity index (χ1n) is 16.1. The van der Waals surface area contributed by atoms with Crippen molar-refractivity contribution in [1.82, 2.24) is 19.4 Å². The summed E-state index contributed by atoms with van der Waals surface area (Å²) in [4.78, 5) is 23.0. The van der Waals surface area contributed by atoms with Gasteiger partial charge in [0.1, 0.15) is 11.6 Å². The third-order valence-electron chi connectivity index (χ3n) is 11.1. The minimum Gasteiger partial charge on any atom is -0.323 e. The van der Waals surface area contributed by atoms with Crippen LogP contribution < -0.4 is 0 Å². The van der Waals surface area contributed by atoms with E-state index in [1.807, 2.05) is 0 Å². The average molecular weight is 517 g/mol. The second kappa shape index (κ2) is 10.7. The molecule has 1 aromatic carbocycles. The van der Waals surface area contributed by atoms with E-state index in [0.29, 0.717) is 12.6 Å². The van der Waals surface area contributed by atoms with Crippen LogP contribution in [-0.4, -0.2) is 56.3 Å². The molecule has 2 saturated carbocycles. The third-order valence-corrected chi connectivity index (χ3v) is 11.1. The highest BCUT2D eigenvalue weighted by Gasteiger charge is 2.45. The zero-order chi connectivity index (χ0) is 25.6. The van der Waals surface area contributed by atoms with Gasteiger partial charge < -0.3 is 4.57 Å². The average Bonchev–Trinajstić information content (AvgIpc) is 3.21. The number of benzene rings is 1. The lowest BCUT2D eigenvalue weighted by atomic mass is 9.73. The first-order valence-corrected chi connectivity index (χ1v) is 16.1. The topological polar surface area (TPSA) is 41.4 Å². The number of Topliss-reactive ketones (excluding diaryl/α,β-unsaturated/α-hetero) is 1. The number of ketones is 1. The summed E-state index contributed by atoms with van der Waals surface area (Å²) in [7, 11) is 0. The van der Waals surface area contributed by atoms with E-state index in [0.717, 1.165) is 48.4 Å². The first kappa shape index (κ1) is 25.3. The zero-order valence-corrected chi connectivity index (χ0v) is 23.6. The molecule has 5 nitrogen and oxygen atoms in total. The van der Waals surface area contributed by atoms with Crippen molar-refractivity contribution >= 4 is 16.8 Å². The van der Waals surface area contributed by atoms with Gasteiger partial charge >= 0.3 is 0 Å². The lowest BCUT2D eigenvalue weighted by molar-refractivity contribution is -0.119. The lowest BCUT2D eigenvalue weighted by Gasteiger charge is -2.55. The Labute approximate surface area is 229 Å². The van der Waals surface area contributed by atoms with Gasteiger partial charge in [0.05, 0.1) is 23.6 Å². The summed E-state index contributed by atoms with van der Waals surface area (Å²) in [5, 5.41) is 0. The molecule has 2 unspecified atom stereocenters. The van der Waals surface area contributed by atoms with Gasteiger partial charge in [0, 0.05) is 24.2 Å². The zero-order valence-electron chi connectivity index (χ0n) is 23.6. The Balaban J connectivity index is 1.20. The lowest BCUT2D eigenvalue weighted by Crippen LogP contribution is -2.58. The number of nitrogens with zero attached hydrogens (tertiary/aromatic N) is 4. The molecule has 3 aliphatic heterocycles. The van der Waals surface area contributed by atoms with Crippen LogP contribution in [0.4, 0.5) is 0 Å². The molecular weight excluding hydrogens is 468 g/mol. The van der Waals surface area contributed by atoms with Gasteiger partial charge in [-0.3, -0.25) is 14.6 Å². The van der Waals surface area contributed by atoms with E-state index < -0.39 is 0 Å². The molecule has 206 valence electrons. The molecule has 2 aromatic rings. The number of carbonyl (C=O) groups excluding carboxylic acids is 1. The predicted octanol–water partition coefficient (Wildman–Crippen LogP) is 7.07. The highest BCUT2D eigenvalue weighted by Crippen LogP contribution is 2.48. The molecule has 5 fully saturated rings. The van der Waals surface area contributed by atoms with Crippen molar-refractivity contribution in [3.05, 3.63) is 30.1 Å². The number of carbonyl (C=O) groups is 1. The molecule has 0 amide bonds. The molecule has 5 aliphatic rings. The van der Waals surface area contributed by atoms with Crippen molar-refractivity contribution in [1.29, 1.82) is 0 Å². The fraction of sp³-hybridized carbons (Fsp3) is 0.758. The number of fused-ring (bicyclic) bond motifs is 5. The minimum absolute atomic E-state index is 0.263. The molecule has 5 heteroatoms. The highest BCUT2D eigenvalue weighted by atomic mass is 16.1. The predicted molar refractivity (Wildman–Crippen MR) is 153 cm³/mol. The summed E-state index contributed by atoms with van der Waals surface area (Å²) < 4.78 is 2.68. The number of rotatable bonds is 5. The maximum atomic E-state index is 12.2. The molecule has 3 saturated heterocycles. The van der Waals surface area contributed by atoms with Crippen LogP contribution in [0.25, 0.3) is 11.0 Å². The molecule has 38 heavy (non-hydrogen) atoms. The fourth-order valence-corrected chi connectivity index (χ4v) is 9.75. The maximum absolute atomic E-state index is 12.2.